The van der Waals surface area contributed by atoms with Crippen molar-refractivity contribution < 1.29 is 57.8 Å². The fourth-order valence-electron chi connectivity index (χ4n) is 5.00. The molecule has 0 unspecified atom stereocenters. The summed E-state index contributed by atoms with van der Waals surface area (Å²) in [5, 5.41) is 0. The molecule has 0 heterocycles. The average Bonchev–Trinajstić information content (AvgIpc) is 3.66. The largest absolute Gasteiger partial charge is 1.00 e. The van der Waals surface area contributed by atoms with Crippen LogP contribution in [0.25, 0.3) is 23.3 Å². The molecule has 0 radical (unpaired) electrons. The first-order chi connectivity index (χ1) is 21.0. The van der Waals surface area contributed by atoms with Gasteiger partial charge in [0.25, 0.3) is 0 Å². The predicted molar refractivity (Wildman–Crippen MR) is 180 cm³/mol. The van der Waals surface area contributed by atoms with E-state index in [2.05, 4.69) is 89.4 Å². The van der Waals surface area contributed by atoms with Crippen molar-refractivity contribution in [2.75, 3.05) is 0 Å². The van der Waals surface area contributed by atoms with Gasteiger partial charge in [-0.25, -0.2) is 6.07 Å². The van der Waals surface area contributed by atoms with Gasteiger partial charge in [-0.2, -0.15) is 47.0 Å². The summed E-state index contributed by atoms with van der Waals surface area (Å²) in [4.78, 5) is 0. The van der Waals surface area contributed by atoms with Gasteiger partial charge in [0.1, 0.15) is 0 Å². The first-order valence-corrected chi connectivity index (χ1v) is 16.0. The van der Waals surface area contributed by atoms with Crippen LogP contribution >= 0.6 is 0 Å². The van der Waals surface area contributed by atoms with E-state index in [9.17, 15) is 8.78 Å². The van der Waals surface area contributed by atoms with Gasteiger partial charge >= 0.3 is 108 Å². The molecule has 1 aliphatic carbocycles. The van der Waals surface area contributed by atoms with Crippen LogP contribution in [-0.4, -0.2) is 3.21 Å². The Labute approximate surface area is 300 Å². The standard InChI is InChI=1S/C17H13.C13H8F2.C11H17.2ClH.Zr/c1-3-12-5-7-14-11-15-8-6-13(4-2)10-17(15)16(14)9-12;14-12-5-1-3-10(8-12)7-11-4-2-6-13(15)9-11;1-5-9-6-7-10(8-9)11(2,3)4;;;/h3-7,9-10H,1-2,11H2;1-6,8-9H;6-8H,5H2,1-4H3;2*1H;/q-1;;-1;;;+2/p-2. The molecule has 46 heavy (non-hydrogen) atoms. The van der Waals surface area contributed by atoms with Crippen molar-refractivity contribution in [3.8, 4) is 11.1 Å². The summed E-state index contributed by atoms with van der Waals surface area (Å²) >= 11 is 1.13. The molecule has 0 saturated carbocycles. The number of aryl methyl sites for hydroxylation is 1. The molecule has 1 aliphatic rings. The van der Waals surface area contributed by atoms with Crippen LogP contribution < -0.4 is 24.8 Å². The van der Waals surface area contributed by atoms with Gasteiger partial charge in [0.05, 0.1) is 0 Å². The van der Waals surface area contributed by atoms with Crippen LogP contribution in [0.1, 0.15) is 72.2 Å². The maximum absolute atomic E-state index is 13.0. The molecule has 0 fully saturated rings. The van der Waals surface area contributed by atoms with Crippen LogP contribution in [0, 0.1) is 17.7 Å². The Balaban J connectivity index is 0.000000241. The van der Waals surface area contributed by atoms with E-state index < -0.39 is 0 Å². The third-order valence-corrected chi connectivity index (χ3v) is 9.05. The second kappa shape index (κ2) is 17.7. The maximum atomic E-state index is 13.0. The Morgan fingerprint density at radius 3 is 1.91 bits per heavy atom. The SMILES string of the molecule is C=Cc1c[c-]c2c(c1)-c1cc(C=C)ccc1C2.CCc1cc(C(C)(C)C)c[cH-]1.Fc1cccc([C](=[Zr+2])c2cccc(F)c2)c1.[Cl-].[Cl-]. The minimum Gasteiger partial charge on any atom is -1.00 e. The Hall–Kier alpha value is -3.10. The number of fused-ring (bicyclic) bond motifs is 3. The molecule has 0 aromatic heterocycles. The quantitative estimate of drug-likeness (QED) is 0.226. The molecule has 0 atom stereocenters. The number of benzene rings is 4. The molecule has 0 aliphatic heterocycles. The van der Waals surface area contributed by atoms with Crippen molar-refractivity contribution in [1.29, 1.82) is 0 Å². The second-order valence-corrected chi connectivity index (χ2v) is 13.1. The minimum absolute atomic E-state index is 0. The first kappa shape index (κ1) is 39.1. The van der Waals surface area contributed by atoms with Gasteiger partial charge in [-0.3, -0.25) is 0 Å². The van der Waals surface area contributed by atoms with Crippen LogP contribution in [0.5, 0.6) is 0 Å². The van der Waals surface area contributed by atoms with Crippen molar-refractivity contribution in [2.45, 2.75) is 46.0 Å². The smallest absolute Gasteiger partial charge is 1.00 e. The summed E-state index contributed by atoms with van der Waals surface area (Å²) in [5.74, 6) is -0.539. The molecule has 0 nitrogen and oxygen atoms in total. The zero-order valence-corrected chi connectivity index (χ0v) is 30.7. The van der Waals surface area contributed by atoms with Crippen LogP contribution in [0.3, 0.4) is 0 Å². The van der Waals surface area contributed by atoms with Gasteiger partial charge in [-0.1, -0.05) is 81.5 Å². The van der Waals surface area contributed by atoms with E-state index in [-0.39, 0.29) is 36.4 Å². The van der Waals surface area contributed by atoms with Crippen molar-refractivity contribution in [3.63, 3.8) is 0 Å². The summed E-state index contributed by atoms with van der Waals surface area (Å²) in [5.41, 5.74) is 12.4. The third-order valence-electron chi connectivity index (χ3n) is 7.63. The Morgan fingerprint density at radius 2 is 1.43 bits per heavy atom. The van der Waals surface area contributed by atoms with E-state index in [4.69, 9.17) is 0 Å². The van der Waals surface area contributed by atoms with Crippen molar-refractivity contribution in [2.24, 2.45) is 0 Å². The summed E-state index contributed by atoms with van der Waals surface area (Å²) in [6, 6.07) is 33.5. The Morgan fingerprint density at radius 1 is 0.848 bits per heavy atom. The van der Waals surface area contributed by atoms with Crippen molar-refractivity contribution in [3.05, 3.63) is 172 Å². The summed E-state index contributed by atoms with van der Waals surface area (Å²) in [7, 11) is 0. The van der Waals surface area contributed by atoms with Gasteiger partial charge in [0.15, 0.2) is 0 Å². The average molecular weight is 731 g/mol. The van der Waals surface area contributed by atoms with Crippen molar-refractivity contribution in [1.82, 2.24) is 0 Å². The molecule has 6 rings (SSSR count). The zero-order valence-electron chi connectivity index (χ0n) is 26.7. The Kier molecular flexibility index (Phi) is 15.1. The molecular weight excluding hydrogens is 693 g/mol. The van der Waals surface area contributed by atoms with Gasteiger partial charge in [0.2, 0.25) is 0 Å². The van der Waals surface area contributed by atoms with Gasteiger partial charge in [-0.15, -0.1) is 23.8 Å². The number of rotatable bonds is 5. The second-order valence-electron chi connectivity index (χ2n) is 11.8. The molecule has 5 aromatic carbocycles. The van der Waals surface area contributed by atoms with Gasteiger partial charge < -0.3 is 24.8 Å². The monoisotopic (exact) mass is 728 g/mol. The predicted octanol–water partition coefficient (Wildman–Crippen LogP) is 4.70. The minimum atomic E-state index is -0.270. The fraction of sp³-hybridized carbons (Fsp3) is 0.171. The van der Waals surface area contributed by atoms with Crippen LogP contribution in [0.4, 0.5) is 8.78 Å². The molecule has 0 N–H and O–H groups in total. The molecule has 0 bridgehead atoms. The van der Waals surface area contributed by atoms with Crippen molar-refractivity contribution >= 4 is 15.4 Å². The molecule has 0 saturated heterocycles. The summed E-state index contributed by atoms with van der Waals surface area (Å²) < 4.78 is 27.0. The van der Waals surface area contributed by atoms with E-state index in [1.807, 2.05) is 30.4 Å². The summed E-state index contributed by atoms with van der Waals surface area (Å²) in [6.07, 6.45) is 5.89. The number of hydrogen-bond donors (Lipinski definition) is 0. The summed E-state index contributed by atoms with van der Waals surface area (Å²) in [6.45, 7) is 16.6. The van der Waals surface area contributed by atoms with E-state index in [0.29, 0.717) is 5.41 Å². The van der Waals surface area contributed by atoms with Crippen LogP contribution in [0.2, 0.25) is 0 Å². The third kappa shape index (κ3) is 10.2. The Bertz CT molecular complexity index is 1690. The van der Waals surface area contributed by atoms with E-state index >= 15 is 0 Å². The first-order valence-electron chi connectivity index (χ1n) is 14.8. The number of hydrogen-bond acceptors (Lipinski definition) is 0. The molecule has 5 heteroatoms. The topological polar surface area (TPSA) is 0 Å². The van der Waals surface area contributed by atoms with Gasteiger partial charge in [-0.05, 0) is 12.0 Å². The van der Waals surface area contributed by atoms with E-state index in [0.717, 1.165) is 57.0 Å². The number of halogens is 4. The maximum Gasteiger partial charge on any atom is -1.00 e. The van der Waals surface area contributed by atoms with E-state index in [1.54, 1.807) is 12.1 Å². The molecular formula is C41H38Cl2F2Zr-2. The van der Waals surface area contributed by atoms with Crippen LogP contribution in [-0.2, 0) is 42.5 Å². The molecule has 236 valence electrons. The van der Waals surface area contributed by atoms with E-state index in [1.165, 1.54) is 63.2 Å². The molecule has 0 amide bonds. The molecule has 5 aromatic rings. The zero-order chi connectivity index (χ0) is 31.9. The normalized spacial score (nSPS) is 10.8. The fourth-order valence-corrected chi connectivity index (χ4v) is 5.76. The van der Waals surface area contributed by atoms with Gasteiger partial charge in [0, 0.05) is 0 Å². The molecule has 0 spiro atoms. The van der Waals surface area contributed by atoms with Crippen LogP contribution in [0.15, 0.2) is 110 Å².